The van der Waals surface area contributed by atoms with Crippen LogP contribution in [0.15, 0.2) is 0 Å². The first kappa shape index (κ1) is 22.1. The van der Waals surface area contributed by atoms with Crippen LogP contribution in [0.3, 0.4) is 0 Å². The van der Waals surface area contributed by atoms with E-state index in [9.17, 15) is 10.2 Å². The lowest BCUT2D eigenvalue weighted by Crippen LogP contribution is -2.54. The van der Waals surface area contributed by atoms with Crippen LogP contribution in [0.1, 0.15) is 105 Å². The monoisotopic (exact) mass is 404 g/mol. The molecule has 2 N–H and O–H groups in total. The van der Waals surface area contributed by atoms with Crippen LogP contribution in [0, 0.1) is 52.3 Å². The molecule has 4 aliphatic carbocycles. The second-order valence-corrected chi connectivity index (χ2v) is 12.7. The van der Waals surface area contributed by atoms with Crippen molar-refractivity contribution in [1.29, 1.82) is 0 Å². The fourth-order valence-electron chi connectivity index (χ4n) is 9.18. The molecule has 0 amide bonds. The zero-order valence-electron chi connectivity index (χ0n) is 19.9. The first-order chi connectivity index (χ1) is 13.7. The van der Waals surface area contributed by atoms with E-state index in [1.54, 1.807) is 0 Å². The lowest BCUT2D eigenvalue weighted by molar-refractivity contribution is -0.129. The van der Waals surface area contributed by atoms with Gasteiger partial charge in [-0.3, -0.25) is 0 Å². The first-order valence-corrected chi connectivity index (χ1v) is 13.0. The molecule has 29 heavy (non-hydrogen) atoms. The molecule has 0 bridgehead atoms. The molecule has 4 fully saturated rings. The molecule has 4 aliphatic rings. The highest BCUT2D eigenvalue weighted by Crippen LogP contribution is 2.68. The molecule has 0 radical (unpaired) electrons. The van der Waals surface area contributed by atoms with Crippen molar-refractivity contribution in [3.05, 3.63) is 0 Å². The fourth-order valence-corrected chi connectivity index (χ4v) is 9.18. The third-order valence-corrected chi connectivity index (χ3v) is 11.1. The maximum atomic E-state index is 10.3. The zero-order valence-corrected chi connectivity index (χ0v) is 19.9. The number of rotatable bonds is 5. The molecule has 0 aromatic carbocycles. The van der Waals surface area contributed by atoms with E-state index in [1.165, 1.54) is 51.4 Å². The van der Waals surface area contributed by atoms with E-state index in [-0.39, 0.29) is 12.2 Å². The van der Waals surface area contributed by atoms with Crippen molar-refractivity contribution in [2.45, 2.75) is 117 Å². The molecule has 4 saturated carbocycles. The van der Waals surface area contributed by atoms with Crippen molar-refractivity contribution >= 4 is 0 Å². The number of hydrogen-bond acceptors (Lipinski definition) is 2. The fraction of sp³-hybridized carbons (Fsp3) is 1.00. The number of fused-ring (bicyclic) bond motifs is 5. The molecule has 0 aliphatic heterocycles. The largest absolute Gasteiger partial charge is 0.393 e. The van der Waals surface area contributed by atoms with Crippen LogP contribution in [0.5, 0.6) is 0 Å². The molecule has 0 aromatic heterocycles. The summed E-state index contributed by atoms with van der Waals surface area (Å²) >= 11 is 0. The van der Waals surface area contributed by atoms with Crippen molar-refractivity contribution in [1.82, 2.24) is 0 Å². The van der Waals surface area contributed by atoms with Crippen LogP contribution in [-0.2, 0) is 0 Å². The molecule has 10 atom stereocenters. The number of aliphatic hydroxyl groups excluding tert-OH is 2. The summed E-state index contributed by atoms with van der Waals surface area (Å²) in [6, 6.07) is 0. The van der Waals surface area contributed by atoms with Gasteiger partial charge in [-0.2, -0.15) is 0 Å². The van der Waals surface area contributed by atoms with E-state index in [2.05, 4.69) is 34.6 Å². The van der Waals surface area contributed by atoms with Gasteiger partial charge in [0.1, 0.15) is 0 Å². The summed E-state index contributed by atoms with van der Waals surface area (Å²) in [5, 5.41) is 20.6. The third-order valence-electron chi connectivity index (χ3n) is 11.1. The van der Waals surface area contributed by atoms with Crippen LogP contribution in [0.2, 0.25) is 0 Å². The summed E-state index contributed by atoms with van der Waals surface area (Å²) in [6.45, 7) is 12.0. The molecule has 0 spiro atoms. The van der Waals surface area contributed by atoms with Crippen LogP contribution < -0.4 is 0 Å². The van der Waals surface area contributed by atoms with Crippen molar-refractivity contribution in [3.63, 3.8) is 0 Å². The molecule has 4 rings (SSSR count). The van der Waals surface area contributed by atoms with Gasteiger partial charge < -0.3 is 10.2 Å². The Morgan fingerprint density at radius 1 is 0.828 bits per heavy atom. The van der Waals surface area contributed by atoms with Crippen molar-refractivity contribution in [3.8, 4) is 0 Å². The average Bonchev–Trinajstić information content (AvgIpc) is 3.03. The van der Waals surface area contributed by atoms with Gasteiger partial charge in [0.25, 0.3) is 0 Å². The quantitative estimate of drug-likeness (QED) is 0.553. The second-order valence-electron chi connectivity index (χ2n) is 12.7. The highest BCUT2D eigenvalue weighted by molar-refractivity contribution is 5.09. The maximum Gasteiger partial charge on any atom is 0.0563 e. The molecular weight excluding hydrogens is 356 g/mol. The van der Waals surface area contributed by atoms with Crippen LogP contribution >= 0.6 is 0 Å². The highest BCUT2D eigenvalue weighted by atomic mass is 16.3. The Hall–Kier alpha value is -0.0800. The Bertz CT molecular complexity index is 573. The van der Waals surface area contributed by atoms with Gasteiger partial charge in [-0.05, 0) is 123 Å². The molecule has 0 saturated heterocycles. The Morgan fingerprint density at radius 2 is 1.52 bits per heavy atom. The summed E-state index contributed by atoms with van der Waals surface area (Å²) in [6.07, 6.45) is 13.9. The summed E-state index contributed by atoms with van der Waals surface area (Å²) < 4.78 is 0. The summed E-state index contributed by atoms with van der Waals surface area (Å²) in [4.78, 5) is 0. The SMILES string of the molecule is CC(C)C(O)CC[C@@H](C)[C@H]1CC[C@H]2[C@@H]3CC[C@H]4C[C@@H](O)CC[C@]4(C)[C@H]3CC[C@]12C. The van der Waals surface area contributed by atoms with Gasteiger partial charge in [0, 0.05) is 0 Å². The Morgan fingerprint density at radius 3 is 2.24 bits per heavy atom. The number of aliphatic hydroxyl groups is 2. The minimum atomic E-state index is -0.130. The van der Waals surface area contributed by atoms with E-state index in [1.807, 2.05) is 0 Å². The molecule has 168 valence electrons. The predicted molar refractivity (Wildman–Crippen MR) is 120 cm³/mol. The molecule has 2 heteroatoms. The highest BCUT2D eigenvalue weighted by Gasteiger charge is 2.60. The van der Waals surface area contributed by atoms with E-state index >= 15 is 0 Å². The molecule has 1 unspecified atom stereocenters. The van der Waals surface area contributed by atoms with Crippen LogP contribution in [0.25, 0.3) is 0 Å². The normalized spacial score (nSPS) is 49.2. The van der Waals surface area contributed by atoms with Crippen molar-refractivity contribution in [2.75, 3.05) is 0 Å². The van der Waals surface area contributed by atoms with E-state index in [0.29, 0.717) is 16.7 Å². The standard InChI is InChI=1S/C27H48O2/c1-17(2)25(29)11-6-18(3)22-9-10-23-21-8-7-19-16-20(28)12-14-26(19,4)24(21)13-15-27(22,23)5/h17-25,28-29H,6-16H2,1-5H3/t18-,19+,20+,21+,22-,23+,24+,25?,26+,27-/m1/s1. The summed E-state index contributed by atoms with van der Waals surface area (Å²) in [5.74, 6) is 5.51. The minimum absolute atomic E-state index is 0.0311. The molecule has 0 heterocycles. The van der Waals surface area contributed by atoms with Gasteiger partial charge >= 0.3 is 0 Å². The summed E-state index contributed by atoms with van der Waals surface area (Å²) in [7, 11) is 0. The Balaban J connectivity index is 1.46. The Kier molecular flexibility index (Phi) is 6.19. The third kappa shape index (κ3) is 3.73. The van der Waals surface area contributed by atoms with Gasteiger partial charge in [0.2, 0.25) is 0 Å². The van der Waals surface area contributed by atoms with Gasteiger partial charge in [-0.15, -0.1) is 0 Å². The maximum absolute atomic E-state index is 10.3. The summed E-state index contributed by atoms with van der Waals surface area (Å²) in [5.41, 5.74) is 1.02. The molecule has 2 nitrogen and oxygen atoms in total. The number of hydrogen-bond donors (Lipinski definition) is 2. The molecular formula is C27H48O2. The van der Waals surface area contributed by atoms with E-state index in [0.717, 1.165) is 54.8 Å². The van der Waals surface area contributed by atoms with Gasteiger partial charge in [0.05, 0.1) is 12.2 Å². The smallest absolute Gasteiger partial charge is 0.0563 e. The lowest BCUT2D eigenvalue weighted by Gasteiger charge is -2.61. The van der Waals surface area contributed by atoms with Gasteiger partial charge in [-0.25, -0.2) is 0 Å². The lowest BCUT2D eigenvalue weighted by atomic mass is 9.44. The van der Waals surface area contributed by atoms with E-state index in [4.69, 9.17) is 0 Å². The first-order valence-electron chi connectivity index (χ1n) is 13.0. The second kappa shape index (κ2) is 8.12. The van der Waals surface area contributed by atoms with Crippen molar-refractivity contribution < 1.29 is 10.2 Å². The average molecular weight is 405 g/mol. The van der Waals surface area contributed by atoms with Gasteiger partial charge in [-0.1, -0.05) is 34.6 Å². The molecule has 0 aromatic rings. The minimum Gasteiger partial charge on any atom is -0.393 e. The predicted octanol–water partition coefficient (Wildman–Crippen LogP) is 6.44. The zero-order chi connectivity index (χ0) is 21.0. The van der Waals surface area contributed by atoms with Crippen LogP contribution in [-0.4, -0.2) is 22.4 Å². The Labute approximate surface area is 180 Å². The van der Waals surface area contributed by atoms with Gasteiger partial charge in [0.15, 0.2) is 0 Å². The van der Waals surface area contributed by atoms with Crippen LogP contribution in [0.4, 0.5) is 0 Å². The van der Waals surface area contributed by atoms with E-state index < -0.39 is 0 Å². The van der Waals surface area contributed by atoms with Crippen molar-refractivity contribution in [2.24, 2.45) is 52.3 Å². The topological polar surface area (TPSA) is 40.5 Å².